The third kappa shape index (κ3) is 3.45. The first kappa shape index (κ1) is 14.2. The van der Waals surface area contributed by atoms with Gasteiger partial charge in [0.05, 0.1) is 12.7 Å². The zero-order valence-corrected chi connectivity index (χ0v) is 12.6. The fourth-order valence-electron chi connectivity index (χ4n) is 2.93. The van der Waals surface area contributed by atoms with Crippen LogP contribution in [0.1, 0.15) is 36.1 Å². The number of fused-ring (bicyclic) bond motifs is 1. The number of nitrogens with one attached hydrogen (secondary N) is 1. The summed E-state index contributed by atoms with van der Waals surface area (Å²) in [6.45, 7) is 3.85. The molecule has 1 unspecified atom stereocenters. The molecule has 3 rings (SSSR count). The van der Waals surface area contributed by atoms with Gasteiger partial charge in [-0.15, -0.1) is 0 Å². The Kier molecular flexibility index (Phi) is 4.56. The number of hydrogen-bond acceptors (Lipinski definition) is 2. The molecule has 0 fully saturated rings. The predicted octanol–water partition coefficient (Wildman–Crippen LogP) is 4.37. The molecule has 1 aliphatic rings. The van der Waals surface area contributed by atoms with Crippen LogP contribution in [0, 0.1) is 0 Å². The fourth-order valence-corrected chi connectivity index (χ4v) is 2.93. The van der Waals surface area contributed by atoms with Crippen molar-refractivity contribution in [1.29, 1.82) is 0 Å². The Labute approximate surface area is 127 Å². The largest absolute Gasteiger partial charge is 0.382 e. The smallest absolute Gasteiger partial charge is 0.0999 e. The Morgan fingerprint density at radius 2 is 1.90 bits per heavy atom. The van der Waals surface area contributed by atoms with Gasteiger partial charge in [-0.05, 0) is 41.7 Å². The van der Waals surface area contributed by atoms with E-state index in [9.17, 15) is 0 Å². The maximum Gasteiger partial charge on any atom is 0.0999 e. The maximum atomic E-state index is 5.93. The molecule has 0 saturated heterocycles. The highest BCUT2D eigenvalue weighted by atomic mass is 16.5. The minimum absolute atomic E-state index is 0.158. The summed E-state index contributed by atoms with van der Waals surface area (Å²) >= 11 is 0. The molecule has 1 aliphatic heterocycles. The molecule has 0 aromatic heterocycles. The summed E-state index contributed by atoms with van der Waals surface area (Å²) in [7, 11) is 0. The SMILES string of the molecule is CCCc1ccc(NCC2OCCc3ccccc32)cc1. The van der Waals surface area contributed by atoms with Crippen molar-refractivity contribution in [2.45, 2.75) is 32.3 Å². The van der Waals surface area contributed by atoms with Gasteiger partial charge in [0.25, 0.3) is 0 Å². The van der Waals surface area contributed by atoms with E-state index in [1.54, 1.807) is 0 Å². The first-order valence-corrected chi connectivity index (χ1v) is 7.89. The average Bonchev–Trinajstić information content (AvgIpc) is 2.54. The quantitative estimate of drug-likeness (QED) is 0.879. The van der Waals surface area contributed by atoms with E-state index in [1.807, 2.05) is 0 Å². The van der Waals surface area contributed by atoms with Crippen LogP contribution in [0.5, 0.6) is 0 Å². The molecule has 2 heteroatoms. The van der Waals surface area contributed by atoms with Gasteiger partial charge in [0, 0.05) is 12.2 Å². The summed E-state index contributed by atoms with van der Waals surface area (Å²) in [6, 6.07) is 17.4. The molecule has 1 atom stereocenters. The van der Waals surface area contributed by atoms with Crippen molar-refractivity contribution in [2.24, 2.45) is 0 Å². The molecule has 0 bridgehead atoms. The molecule has 2 nitrogen and oxygen atoms in total. The van der Waals surface area contributed by atoms with Crippen molar-refractivity contribution in [1.82, 2.24) is 0 Å². The van der Waals surface area contributed by atoms with Gasteiger partial charge < -0.3 is 10.1 Å². The lowest BCUT2D eigenvalue weighted by atomic mass is 9.97. The van der Waals surface area contributed by atoms with Crippen LogP contribution in [-0.4, -0.2) is 13.2 Å². The van der Waals surface area contributed by atoms with Gasteiger partial charge in [-0.25, -0.2) is 0 Å². The minimum Gasteiger partial charge on any atom is -0.382 e. The van der Waals surface area contributed by atoms with E-state index in [0.717, 1.165) is 26.0 Å². The van der Waals surface area contributed by atoms with Crippen LogP contribution >= 0.6 is 0 Å². The van der Waals surface area contributed by atoms with E-state index in [0.29, 0.717) is 0 Å². The van der Waals surface area contributed by atoms with Crippen LogP contribution in [0.2, 0.25) is 0 Å². The summed E-state index contributed by atoms with van der Waals surface area (Å²) in [4.78, 5) is 0. The molecule has 21 heavy (non-hydrogen) atoms. The monoisotopic (exact) mass is 281 g/mol. The van der Waals surface area contributed by atoms with E-state index in [1.165, 1.54) is 28.8 Å². The van der Waals surface area contributed by atoms with Crippen molar-refractivity contribution < 1.29 is 4.74 Å². The number of benzene rings is 2. The van der Waals surface area contributed by atoms with E-state index >= 15 is 0 Å². The van der Waals surface area contributed by atoms with Gasteiger partial charge in [0.2, 0.25) is 0 Å². The van der Waals surface area contributed by atoms with Gasteiger partial charge in [0.15, 0.2) is 0 Å². The summed E-state index contributed by atoms with van der Waals surface area (Å²) in [5.41, 5.74) is 5.33. The molecule has 0 aliphatic carbocycles. The highest BCUT2D eigenvalue weighted by Gasteiger charge is 2.19. The molecule has 2 aromatic rings. The van der Waals surface area contributed by atoms with Gasteiger partial charge in [-0.3, -0.25) is 0 Å². The number of aryl methyl sites for hydroxylation is 1. The molecule has 0 saturated carbocycles. The van der Waals surface area contributed by atoms with E-state index in [4.69, 9.17) is 4.74 Å². The Morgan fingerprint density at radius 1 is 1.10 bits per heavy atom. The molecular formula is C19H23NO. The van der Waals surface area contributed by atoms with Crippen molar-refractivity contribution in [2.75, 3.05) is 18.5 Å². The summed E-state index contributed by atoms with van der Waals surface area (Å²) in [5.74, 6) is 0. The van der Waals surface area contributed by atoms with Crippen molar-refractivity contribution in [3.05, 3.63) is 65.2 Å². The first-order valence-electron chi connectivity index (χ1n) is 7.89. The topological polar surface area (TPSA) is 21.3 Å². The van der Waals surface area contributed by atoms with Crippen LogP contribution in [0.4, 0.5) is 5.69 Å². The highest BCUT2D eigenvalue weighted by Crippen LogP contribution is 2.27. The number of anilines is 1. The van der Waals surface area contributed by atoms with E-state index in [-0.39, 0.29) is 6.10 Å². The maximum absolute atomic E-state index is 5.93. The Hall–Kier alpha value is -1.80. The molecule has 0 spiro atoms. The number of rotatable bonds is 5. The van der Waals surface area contributed by atoms with Gasteiger partial charge in [-0.1, -0.05) is 49.7 Å². The second-order valence-corrected chi connectivity index (χ2v) is 5.64. The van der Waals surface area contributed by atoms with Crippen LogP contribution < -0.4 is 5.32 Å². The second kappa shape index (κ2) is 6.77. The summed E-state index contributed by atoms with van der Waals surface area (Å²) in [5, 5.41) is 3.50. The molecule has 110 valence electrons. The minimum atomic E-state index is 0.158. The Bertz CT molecular complexity index is 576. The average molecular weight is 281 g/mol. The second-order valence-electron chi connectivity index (χ2n) is 5.64. The predicted molar refractivity (Wildman–Crippen MR) is 87.8 cm³/mol. The van der Waals surface area contributed by atoms with Gasteiger partial charge in [0.1, 0.15) is 0 Å². The van der Waals surface area contributed by atoms with Gasteiger partial charge >= 0.3 is 0 Å². The van der Waals surface area contributed by atoms with Crippen molar-refractivity contribution >= 4 is 5.69 Å². The number of hydrogen-bond donors (Lipinski definition) is 1. The normalized spacial score (nSPS) is 17.3. The standard InChI is InChI=1S/C19H23NO/c1-2-5-15-8-10-17(11-9-15)20-14-19-18-7-4-3-6-16(18)12-13-21-19/h3-4,6-11,19-20H,2,5,12-14H2,1H3. The van der Waals surface area contributed by atoms with E-state index in [2.05, 4.69) is 60.8 Å². The molecule has 1 N–H and O–H groups in total. The zero-order chi connectivity index (χ0) is 14.5. The van der Waals surface area contributed by atoms with Crippen LogP contribution in [0.25, 0.3) is 0 Å². The molecule has 2 aromatic carbocycles. The number of ether oxygens (including phenoxy) is 1. The van der Waals surface area contributed by atoms with E-state index < -0.39 is 0 Å². The first-order chi connectivity index (χ1) is 10.4. The Morgan fingerprint density at radius 3 is 2.71 bits per heavy atom. The van der Waals surface area contributed by atoms with Crippen LogP contribution in [-0.2, 0) is 17.6 Å². The third-order valence-corrected chi connectivity index (χ3v) is 4.08. The lowest BCUT2D eigenvalue weighted by molar-refractivity contribution is 0.0513. The molecule has 0 amide bonds. The summed E-state index contributed by atoms with van der Waals surface area (Å²) < 4.78 is 5.93. The van der Waals surface area contributed by atoms with Crippen LogP contribution in [0.15, 0.2) is 48.5 Å². The fraction of sp³-hybridized carbons (Fsp3) is 0.368. The van der Waals surface area contributed by atoms with Crippen molar-refractivity contribution in [3.63, 3.8) is 0 Å². The Balaban J connectivity index is 1.63. The zero-order valence-electron chi connectivity index (χ0n) is 12.6. The third-order valence-electron chi connectivity index (χ3n) is 4.08. The lowest BCUT2D eigenvalue weighted by Crippen LogP contribution is -2.22. The van der Waals surface area contributed by atoms with Crippen LogP contribution in [0.3, 0.4) is 0 Å². The lowest BCUT2D eigenvalue weighted by Gasteiger charge is -2.26. The molecule has 0 radical (unpaired) electrons. The molecule has 1 heterocycles. The highest BCUT2D eigenvalue weighted by molar-refractivity contribution is 5.45. The van der Waals surface area contributed by atoms with Gasteiger partial charge in [-0.2, -0.15) is 0 Å². The molecular weight excluding hydrogens is 258 g/mol. The van der Waals surface area contributed by atoms with Crippen molar-refractivity contribution in [3.8, 4) is 0 Å². The summed E-state index contributed by atoms with van der Waals surface area (Å²) in [6.07, 6.45) is 3.53.